The Hall–Kier alpha value is -3.58. The number of nitrogens with zero attached hydrogens (tertiary/aromatic N) is 2. The fourth-order valence-corrected chi connectivity index (χ4v) is 4.16. The van der Waals surface area contributed by atoms with Crippen molar-refractivity contribution in [3.05, 3.63) is 83.7 Å². The Labute approximate surface area is 188 Å². The van der Waals surface area contributed by atoms with Crippen molar-refractivity contribution in [1.82, 2.24) is 14.8 Å². The molecule has 2 amide bonds. The molecule has 1 unspecified atom stereocenters. The number of hydrogen-bond acceptors (Lipinski definition) is 4. The molecule has 0 bridgehead atoms. The first-order chi connectivity index (χ1) is 15.5. The number of rotatable bonds is 6. The zero-order valence-corrected chi connectivity index (χ0v) is 18.4. The van der Waals surface area contributed by atoms with Crippen molar-refractivity contribution in [1.29, 1.82) is 0 Å². The number of carbonyl (C=O) groups excluding carboxylic acids is 2. The number of amides is 2. The monoisotopic (exact) mass is 432 g/mol. The van der Waals surface area contributed by atoms with Crippen LogP contribution in [-0.2, 0) is 29.6 Å². The molecule has 3 aromatic rings. The van der Waals surface area contributed by atoms with Gasteiger partial charge >= 0.3 is 11.8 Å². The highest BCUT2D eigenvalue weighted by atomic mass is 16.5. The molecule has 32 heavy (non-hydrogen) atoms. The molecule has 1 aromatic heterocycles. The lowest BCUT2D eigenvalue weighted by Crippen LogP contribution is -2.44. The van der Waals surface area contributed by atoms with Gasteiger partial charge in [-0.15, -0.1) is 0 Å². The van der Waals surface area contributed by atoms with Gasteiger partial charge in [0.05, 0.1) is 13.2 Å². The van der Waals surface area contributed by atoms with Crippen LogP contribution in [0, 0.1) is 0 Å². The van der Waals surface area contributed by atoms with Crippen LogP contribution < -0.4 is 15.4 Å². The van der Waals surface area contributed by atoms with Crippen molar-refractivity contribution in [2.24, 2.45) is 7.05 Å². The molecule has 1 aliphatic heterocycles. The molecule has 2 aromatic carbocycles. The molecular formula is C25H28N4O3. The van der Waals surface area contributed by atoms with Crippen molar-refractivity contribution >= 4 is 17.5 Å². The third-order valence-electron chi connectivity index (χ3n) is 5.94. The number of fused-ring (bicyclic) bond motifs is 1. The van der Waals surface area contributed by atoms with Gasteiger partial charge in [0.1, 0.15) is 5.75 Å². The largest absolute Gasteiger partial charge is 0.497 e. The first-order valence-electron chi connectivity index (χ1n) is 10.7. The average molecular weight is 433 g/mol. The van der Waals surface area contributed by atoms with Gasteiger partial charge in [-0.1, -0.05) is 24.3 Å². The van der Waals surface area contributed by atoms with E-state index in [1.165, 1.54) is 11.1 Å². The summed E-state index contributed by atoms with van der Waals surface area (Å²) >= 11 is 0. The van der Waals surface area contributed by atoms with Gasteiger partial charge in [0, 0.05) is 44.3 Å². The predicted molar refractivity (Wildman–Crippen MR) is 123 cm³/mol. The molecule has 0 saturated carbocycles. The van der Waals surface area contributed by atoms with Crippen LogP contribution in [0.3, 0.4) is 0 Å². The van der Waals surface area contributed by atoms with Gasteiger partial charge in [0.25, 0.3) is 0 Å². The number of ether oxygens (including phenoxy) is 1. The van der Waals surface area contributed by atoms with E-state index < -0.39 is 11.8 Å². The third kappa shape index (κ3) is 4.84. The third-order valence-corrected chi connectivity index (χ3v) is 5.94. The maximum absolute atomic E-state index is 12.5. The lowest BCUT2D eigenvalue weighted by Gasteiger charge is -2.36. The standard InChI is InChI=1S/C25H28N4O3/c1-28-14-5-8-22(28)23(29-15-13-18-6-3-4-7-19(18)17-29)16-26-24(30)25(31)27-20-9-11-21(32-2)12-10-20/h3-12,14,23H,13,15-17H2,1-2H3,(H,26,30)(H,27,31). The lowest BCUT2D eigenvalue weighted by atomic mass is 9.98. The second-order valence-corrected chi connectivity index (χ2v) is 7.94. The normalized spacial score (nSPS) is 14.3. The summed E-state index contributed by atoms with van der Waals surface area (Å²) in [5.74, 6) is -0.664. The second kappa shape index (κ2) is 9.70. The number of nitrogens with one attached hydrogen (secondary N) is 2. The van der Waals surface area contributed by atoms with Crippen LogP contribution in [0.25, 0.3) is 0 Å². The van der Waals surface area contributed by atoms with Crippen molar-refractivity contribution < 1.29 is 14.3 Å². The van der Waals surface area contributed by atoms with E-state index in [1.54, 1.807) is 31.4 Å². The van der Waals surface area contributed by atoms with Crippen LogP contribution in [0.4, 0.5) is 5.69 Å². The summed E-state index contributed by atoms with van der Waals surface area (Å²) in [5.41, 5.74) is 4.32. The van der Waals surface area contributed by atoms with E-state index in [-0.39, 0.29) is 6.04 Å². The number of aryl methyl sites for hydroxylation is 1. The topological polar surface area (TPSA) is 75.6 Å². The average Bonchev–Trinajstić information content (AvgIpc) is 3.25. The number of hydrogen-bond donors (Lipinski definition) is 2. The molecular weight excluding hydrogens is 404 g/mol. The zero-order chi connectivity index (χ0) is 22.5. The first kappa shape index (κ1) is 21.6. The van der Waals surface area contributed by atoms with Crippen LogP contribution in [0.15, 0.2) is 66.9 Å². The SMILES string of the molecule is COc1ccc(NC(=O)C(=O)NCC(c2cccn2C)N2CCc3ccccc3C2)cc1. The van der Waals surface area contributed by atoms with Gasteiger partial charge in [-0.05, 0) is 53.9 Å². The Balaban J connectivity index is 1.43. The fraction of sp³-hybridized carbons (Fsp3) is 0.280. The summed E-state index contributed by atoms with van der Waals surface area (Å²) in [4.78, 5) is 27.3. The summed E-state index contributed by atoms with van der Waals surface area (Å²) in [5, 5.41) is 5.46. The maximum Gasteiger partial charge on any atom is 0.313 e. The predicted octanol–water partition coefficient (Wildman–Crippen LogP) is 2.89. The Morgan fingerprint density at radius 1 is 1.00 bits per heavy atom. The van der Waals surface area contributed by atoms with Gasteiger partial charge < -0.3 is 19.9 Å². The van der Waals surface area contributed by atoms with Gasteiger partial charge in [-0.3, -0.25) is 14.5 Å². The van der Waals surface area contributed by atoms with Crippen LogP contribution in [-0.4, -0.2) is 41.5 Å². The Bertz CT molecular complexity index is 1090. The molecule has 166 valence electrons. The molecule has 2 N–H and O–H groups in total. The Morgan fingerprint density at radius 3 is 2.44 bits per heavy atom. The minimum absolute atomic E-state index is 0.0407. The van der Waals surface area contributed by atoms with E-state index in [1.807, 2.05) is 19.3 Å². The molecule has 7 heteroatoms. The zero-order valence-electron chi connectivity index (χ0n) is 18.4. The van der Waals surface area contributed by atoms with Gasteiger partial charge in [0.2, 0.25) is 0 Å². The minimum atomic E-state index is -0.690. The molecule has 1 aliphatic rings. The molecule has 1 atom stereocenters. The van der Waals surface area contributed by atoms with Gasteiger partial charge in [0.15, 0.2) is 0 Å². The molecule has 0 aliphatic carbocycles. The maximum atomic E-state index is 12.5. The van der Waals surface area contributed by atoms with E-state index in [4.69, 9.17) is 4.74 Å². The van der Waals surface area contributed by atoms with E-state index in [2.05, 4.69) is 50.4 Å². The van der Waals surface area contributed by atoms with E-state index in [9.17, 15) is 9.59 Å². The van der Waals surface area contributed by atoms with E-state index >= 15 is 0 Å². The number of carbonyl (C=O) groups is 2. The highest BCUT2D eigenvalue weighted by molar-refractivity contribution is 6.39. The Kier molecular flexibility index (Phi) is 6.56. The number of methoxy groups -OCH3 is 1. The molecule has 0 radical (unpaired) electrons. The minimum Gasteiger partial charge on any atom is -0.497 e. The van der Waals surface area contributed by atoms with Crippen LogP contribution in [0.1, 0.15) is 22.9 Å². The number of anilines is 1. The summed E-state index contributed by atoms with van der Waals surface area (Å²) in [6, 6.07) is 19.3. The quantitative estimate of drug-likeness (QED) is 0.588. The summed E-state index contributed by atoms with van der Waals surface area (Å²) in [6.07, 6.45) is 2.96. The van der Waals surface area contributed by atoms with E-state index in [0.29, 0.717) is 18.0 Å². The van der Waals surface area contributed by atoms with E-state index in [0.717, 1.165) is 25.2 Å². The number of benzene rings is 2. The van der Waals surface area contributed by atoms with Crippen molar-refractivity contribution in [2.75, 3.05) is 25.5 Å². The molecule has 7 nitrogen and oxygen atoms in total. The summed E-state index contributed by atoms with van der Waals surface area (Å²) in [7, 11) is 3.57. The molecule has 4 rings (SSSR count). The highest BCUT2D eigenvalue weighted by Crippen LogP contribution is 2.27. The van der Waals surface area contributed by atoms with Crippen molar-refractivity contribution in [3.63, 3.8) is 0 Å². The Morgan fingerprint density at radius 2 is 1.75 bits per heavy atom. The van der Waals surface area contributed by atoms with Crippen LogP contribution in [0.5, 0.6) is 5.75 Å². The molecule has 0 spiro atoms. The van der Waals surface area contributed by atoms with Gasteiger partial charge in [-0.2, -0.15) is 0 Å². The lowest BCUT2D eigenvalue weighted by molar-refractivity contribution is -0.136. The fourth-order valence-electron chi connectivity index (χ4n) is 4.16. The summed E-state index contributed by atoms with van der Waals surface area (Å²) < 4.78 is 7.18. The number of aromatic nitrogens is 1. The summed E-state index contributed by atoms with van der Waals surface area (Å²) in [6.45, 7) is 2.04. The molecule has 0 saturated heterocycles. The smallest absolute Gasteiger partial charge is 0.313 e. The molecule has 2 heterocycles. The second-order valence-electron chi connectivity index (χ2n) is 7.94. The highest BCUT2D eigenvalue weighted by Gasteiger charge is 2.27. The molecule has 0 fully saturated rings. The van der Waals surface area contributed by atoms with Crippen molar-refractivity contribution in [3.8, 4) is 5.75 Å². The van der Waals surface area contributed by atoms with Crippen molar-refractivity contribution in [2.45, 2.75) is 19.0 Å². The van der Waals surface area contributed by atoms with Crippen LogP contribution >= 0.6 is 0 Å². The first-order valence-corrected chi connectivity index (χ1v) is 10.7. The van der Waals surface area contributed by atoms with Gasteiger partial charge in [-0.25, -0.2) is 0 Å². The van der Waals surface area contributed by atoms with Crippen LogP contribution in [0.2, 0.25) is 0 Å².